The number of H-pyrrole nitrogens is 1. The lowest BCUT2D eigenvalue weighted by Crippen LogP contribution is -2.35. The van der Waals surface area contributed by atoms with Gasteiger partial charge >= 0.3 is 6.03 Å². The van der Waals surface area contributed by atoms with Gasteiger partial charge in [0, 0.05) is 22.2 Å². The Bertz CT molecular complexity index is 1230. The molecule has 2 N–H and O–H groups in total. The Morgan fingerprint density at radius 2 is 1.83 bits per heavy atom. The average molecular weight is 401 g/mol. The lowest BCUT2D eigenvalue weighted by molar-refractivity contribution is 0.201. The first kappa shape index (κ1) is 19.5. The summed E-state index contributed by atoms with van der Waals surface area (Å²) in [5, 5.41) is 3.85. The predicted molar refractivity (Wildman–Crippen MR) is 117 cm³/mol. The Labute approximate surface area is 174 Å². The Morgan fingerprint density at radius 1 is 1.03 bits per heavy atom. The molecule has 0 aliphatic carbocycles. The predicted octanol–water partition coefficient (Wildman–Crippen LogP) is 4.97. The largest absolute Gasteiger partial charge is 0.467 e. The zero-order valence-corrected chi connectivity index (χ0v) is 16.9. The van der Waals surface area contributed by atoms with Gasteiger partial charge in [0.25, 0.3) is 5.56 Å². The lowest BCUT2D eigenvalue weighted by Gasteiger charge is -2.22. The molecule has 2 aromatic heterocycles. The molecule has 6 heteroatoms. The summed E-state index contributed by atoms with van der Waals surface area (Å²) in [6.45, 7) is 4.41. The summed E-state index contributed by atoms with van der Waals surface area (Å²) in [5.41, 5.74) is 3.96. The molecule has 0 unspecified atom stereocenters. The van der Waals surface area contributed by atoms with Gasteiger partial charge < -0.3 is 19.6 Å². The molecular weight excluding hydrogens is 378 g/mol. The van der Waals surface area contributed by atoms with Gasteiger partial charge in [-0.05, 0) is 61.4 Å². The van der Waals surface area contributed by atoms with Crippen molar-refractivity contribution in [1.29, 1.82) is 0 Å². The van der Waals surface area contributed by atoms with Crippen LogP contribution in [0.2, 0.25) is 0 Å². The topological polar surface area (TPSA) is 78.3 Å². The van der Waals surface area contributed by atoms with E-state index in [0.717, 1.165) is 22.0 Å². The fourth-order valence-corrected chi connectivity index (χ4v) is 3.55. The molecule has 2 aromatic carbocycles. The number of nitrogens with zero attached hydrogens (tertiary/aromatic N) is 1. The Balaban J connectivity index is 1.66. The molecule has 0 saturated heterocycles. The van der Waals surface area contributed by atoms with E-state index < -0.39 is 0 Å². The molecule has 0 atom stereocenters. The van der Waals surface area contributed by atoms with Crippen LogP contribution in [0.3, 0.4) is 0 Å². The second-order valence-electron chi connectivity index (χ2n) is 7.40. The normalized spacial score (nSPS) is 10.9. The highest BCUT2D eigenvalue weighted by Gasteiger charge is 2.18. The number of hydrogen-bond acceptors (Lipinski definition) is 3. The van der Waals surface area contributed by atoms with Gasteiger partial charge in [-0.1, -0.05) is 24.3 Å². The maximum atomic E-state index is 13.0. The molecule has 6 nitrogen and oxygen atoms in total. The van der Waals surface area contributed by atoms with Crippen molar-refractivity contribution in [3.8, 4) is 0 Å². The number of nitrogens with one attached hydrogen (secondary N) is 2. The number of benzene rings is 2. The van der Waals surface area contributed by atoms with Crippen molar-refractivity contribution in [3.05, 3.63) is 99.7 Å². The van der Waals surface area contributed by atoms with Gasteiger partial charge in [0.2, 0.25) is 0 Å². The van der Waals surface area contributed by atoms with Crippen LogP contribution in [0.1, 0.15) is 22.5 Å². The molecule has 2 amide bonds. The first-order valence-corrected chi connectivity index (χ1v) is 9.76. The summed E-state index contributed by atoms with van der Waals surface area (Å²) >= 11 is 0. The maximum absolute atomic E-state index is 13.0. The van der Waals surface area contributed by atoms with E-state index in [-0.39, 0.29) is 24.7 Å². The third-order valence-corrected chi connectivity index (χ3v) is 4.99. The van der Waals surface area contributed by atoms with Gasteiger partial charge in [-0.25, -0.2) is 4.79 Å². The van der Waals surface area contributed by atoms with Gasteiger partial charge in [-0.15, -0.1) is 0 Å². The highest BCUT2D eigenvalue weighted by Crippen LogP contribution is 2.20. The smallest absolute Gasteiger partial charge is 0.322 e. The minimum atomic E-state index is -0.308. The zero-order valence-electron chi connectivity index (χ0n) is 16.9. The van der Waals surface area contributed by atoms with Gasteiger partial charge in [-0.2, -0.15) is 0 Å². The van der Waals surface area contributed by atoms with Crippen LogP contribution in [0.5, 0.6) is 0 Å². The lowest BCUT2D eigenvalue weighted by atomic mass is 10.0. The summed E-state index contributed by atoms with van der Waals surface area (Å²) in [6, 6.07) is 18.4. The van der Waals surface area contributed by atoms with Gasteiger partial charge in [-0.3, -0.25) is 4.79 Å². The molecule has 0 aliphatic rings. The average Bonchev–Trinajstić information content (AvgIpc) is 3.22. The van der Waals surface area contributed by atoms with E-state index >= 15 is 0 Å². The van der Waals surface area contributed by atoms with Crippen LogP contribution in [0.4, 0.5) is 10.5 Å². The standard InChI is InChI=1S/C24H23N3O3/c1-16-11-17(2)21-13-18(23(28)26-22(21)12-16)14-27(15-20-9-6-10-30-20)24(29)25-19-7-4-3-5-8-19/h3-13H,14-15H2,1-2H3,(H,25,29)(H,26,28). The molecule has 0 saturated carbocycles. The van der Waals surface area contributed by atoms with Gasteiger partial charge in [0.15, 0.2) is 0 Å². The zero-order chi connectivity index (χ0) is 21.1. The molecule has 0 fully saturated rings. The first-order chi connectivity index (χ1) is 14.5. The summed E-state index contributed by atoms with van der Waals surface area (Å²) in [4.78, 5) is 30.2. The Kier molecular flexibility index (Phi) is 5.39. The third kappa shape index (κ3) is 4.27. The second kappa shape index (κ2) is 8.29. The van der Waals surface area contributed by atoms with Gasteiger partial charge in [0.05, 0.1) is 19.4 Å². The minimum absolute atomic E-state index is 0.151. The van der Waals surface area contributed by atoms with Crippen molar-refractivity contribution in [2.45, 2.75) is 26.9 Å². The van der Waals surface area contributed by atoms with Crippen molar-refractivity contribution in [3.63, 3.8) is 0 Å². The number of aromatic amines is 1. The van der Waals surface area contributed by atoms with Crippen LogP contribution in [0.25, 0.3) is 10.9 Å². The van der Waals surface area contributed by atoms with E-state index in [9.17, 15) is 9.59 Å². The van der Waals surface area contributed by atoms with Crippen LogP contribution in [-0.4, -0.2) is 15.9 Å². The van der Waals surface area contributed by atoms with Crippen LogP contribution in [0.15, 0.2) is 76.1 Å². The van der Waals surface area contributed by atoms with E-state index in [0.29, 0.717) is 17.0 Å². The number of rotatable bonds is 5. The van der Waals surface area contributed by atoms with Crippen molar-refractivity contribution >= 4 is 22.6 Å². The number of carbonyl (C=O) groups excluding carboxylic acids is 1. The van der Waals surface area contributed by atoms with Crippen LogP contribution >= 0.6 is 0 Å². The molecule has 0 spiro atoms. The van der Waals surface area contributed by atoms with Crippen molar-refractivity contribution < 1.29 is 9.21 Å². The van der Waals surface area contributed by atoms with Crippen molar-refractivity contribution in [1.82, 2.24) is 9.88 Å². The number of hydrogen-bond donors (Lipinski definition) is 2. The van der Waals surface area contributed by atoms with Crippen molar-refractivity contribution in [2.75, 3.05) is 5.32 Å². The van der Waals surface area contributed by atoms with E-state index in [4.69, 9.17) is 4.42 Å². The van der Waals surface area contributed by atoms with Crippen LogP contribution in [-0.2, 0) is 13.1 Å². The number of carbonyl (C=O) groups is 1. The number of amides is 2. The summed E-state index contributed by atoms with van der Waals surface area (Å²) in [5.74, 6) is 0.641. The highest BCUT2D eigenvalue weighted by molar-refractivity contribution is 5.89. The maximum Gasteiger partial charge on any atom is 0.322 e. The number of para-hydroxylation sites is 1. The molecular formula is C24H23N3O3. The number of fused-ring (bicyclic) bond motifs is 1. The van der Waals surface area contributed by atoms with Gasteiger partial charge in [0.1, 0.15) is 5.76 Å². The highest BCUT2D eigenvalue weighted by atomic mass is 16.3. The number of aryl methyl sites for hydroxylation is 2. The number of aromatic nitrogens is 1. The molecule has 2 heterocycles. The number of furan rings is 1. The quantitative estimate of drug-likeness (QED) is 0.495. The molecule has 0 bridgehead atoms. The minimum Gasteiger partial charge on any atom is -0.467 e. The molecule has 0 radical (unpaired) electrons. The number of anilines is 1. The Hall–Kier alpha value is -3.80. The van der Waals surface area contributed by atoms with Crippen LogP contribution in [0, 0.1) is 13.8 Å². The second-order valence-corrected chi connectivity index (χ2v) is 7.40. The molecule has 152 valence electrons. The molecule has 4 rings (SSSR count). The number of pyridine rings is 1. The summed E-state index contributed by atoms with van der Waals surface area (Å²) < 4.78 is 5.43. The summed E-state index contributed by atoms with van der Waals surface area (Å²) in [6.07, 6.45) is 1.57. The van der Waals surface area contributed by atoms with E-state index in [1.807, 2.05) is 56.3 Å². The molecule has 30 heavy (non-hydrogen) atoms. The van der Waals surface area contributed by atoms with E-state index in [1.54, 1.807) is 23.3 Å². The van der Waals surface area contributed by atoms with E-state index in [2.05, 4.69) is 16.4 Å². The monoisotopic (exact) mass is 401 g/mol. The third-order valence-electron chi connectivity index (χ3n) is 4.99. The van der Waals surface area contributed by atoms with Crippen molar-refractivity contribution in [2.24, 2.45) is 0 Å². The fourth-order valence-electron chi connectivity index (χ4n) is 3.55. The molecule has 4 aromatic rings. The Morgan fingerprint density at radius 3 is 2.57 bits per heavy atom. The van der Waals surface area contributed by atoms with Crippen LogP contribution < -0.4 is 10.9 Å². The summed E-state index contributed by atoms with van der Waals surface area (Å²) in [7, 11) is 0. The van der Waals surface area contributed by atoms with E-state index in [1.165, 1.54) is 0 Å². The fraction of sp³-hybridized carbons (Fsp3) is 0.167. The first-order valence-electron chi connectivity index (χ1n) is 9.76. The molecule has 0 aliphatic heterocycles. The SMILES string of the molecule is Cc1cc(C)c2cc(CN(Cc3ccco3)C(=O)Nc3ccccc3)c(=O)[nH]c2c1. The number of urea groups is 1.